The van der Waals surface area contributed by atoms with Crippen LogP contribution in [0.2, 0.25) is 5.02 Å². The second-order valence-corrected chi connectivity index (χ2v) is 6.29. The Bertz CT molecular complexity index is 838. The summed E-state index contributed by atoms with van der Waals surface area (Å²) < 4.78 is 1.68. The Morgan fingerprint density at radius 3 is 3.00 bits per heavy atom. The van der Waals surface area contributed by atoms with Crippen LogP contribution in [0.15, 0.2) is 24.3 Å². The summed E-state index contributed by atoms with van der Waals surface area (Å²) in [6.07, 6.45) is 2.23. The van der Waals surface area contributed by atoms with Crippen molar-refractivity contribution in [2.75, 3.05) is 5.32 Å². The molecule has 2 heterocycles. The number of hydrogen-bond donors (Lipinski definition) is 1. The van der Waals surface area contributed by atoms with Crippen LogP contribution in [-0.2, 0) is 0 Å². The Morgan fingerprint density at radius 1 is 1.38 bits per heavy atom. The molecule has 0 spiro atoms. The van der Waals surface area contributed by atoms with E-state index in [1.54, 1.807) is 28.8 Å². The molecule has 8 heteroatoms. The van der Waals surface area contributed by atoms with Gasteiger partial charge in [0.25, 0.3) is 5.91 Å². The van der Waals surface area contributed by atoms with E-state index < -0.39 is 0 Å². The van der Waals surface area contributed by atoms with Crippen LogP contribution in [0.25, 0.3) is 4.96 Å². The number of rotatable bonds is 3. The number of hydrogen-bond acceptors (Lipinski definition) is 5. The predicted octanol–water partition coefficient (Wildman–Crippen LogP) is 2.97. The molecule has 2 aromatic heterocycles. The molecule has 1 aliphatic carbocycles. The molecule has 1 aliphatic rings. The van der Waals surface area contributed by atoms with Gasteiger partial charge in [-0.25, -0.2) is 0 Å². The molecular formula is C13H10ClN5OS. The number of amides is 1. The highest BCUT2D eigenvalue weighted by Gasteiger charge is 2.30. The van der Waals surface area contributed by atoms with Gasteiger partial charge in [0.15, 0.2) is 5.82 Å². The molecule has 0 radical (unpaired) electrons. The highest BCUT2D eigenvalue weighted by Crippen LogP contribution is 2.39. The molecule has 4 rings (SSSR count). The number of carbonyl (C=O) groups excluding carboxylic acids is 1. The second-order valence-electron chi connectivity index (χ2n) is 4.90. The molecule has 0 atom stereocenters. The van der Waals surface area contributed by atoms with E-state index in [1.807, 2.05) is 0 Å². The van der Waals surface area contributed by atoms with Gasteiger partial charge in [-0.05, 0) is 31.0 Å². The molecule has 1 fully saturated rings. The zero-order valence-corrected chi connectivity index (χ0v) is 12.4. The van der Waals surface area contributed by atoms with Crippen molar-refractivity contribution >= 4 is 39.5 Å². The fourth-order valence-corrected chi connectivity index (χ4v) is 3.00. The lowest BCUT2D eigenvalue weighted by molar-refractivity contribution is 0.102. The van der Waals surface area contributed by atoms with Crippen molar-refractivity contribution in [2.45, 2.75) is 18.8 Å². The third-order valence-electron chi connectivity index (χ3n) is 3.23. The Balaban J connectivity index is 1.62. The number of nitrogens with one attached hydrogen (secondary N) is 1. The van der Waals surface area contributed by atoms with Crippen molar-refractivity contribution in [3.05, 3.63) is 40.1 Å². The fourth-order valence-electron chi connectivity index (χ4n) is 2.07. The maximum absolute atomic E-state index is 12.2. The molecule has 1 aromatic carbocycles. The van der Waals surface area contributed by atoms with Gasteiger partial charge in [0.2, 0.25) is 9.97 Å². The number of halogens is 1. The van der Waals surface area contributed by atoms with Crippen molar-refractivity contribution in [2.24, 2.45) is 0 Å². The van der Waals surface area contributed by atoms with E-state index in [9.17, 15) is 4.79 Å². The first-order valence-corrected chi connectivity index (χ1v) is 7.69. The van der Waals surface area contributed by atoms with Gasteiger partial charge in [-0.3, -0.25) is 4.79 Å². The predicted molar refractivity (Wildman–Crippen MR) is 80.0 cm³/mol. The first-order valence-electron chi connectivity index (χ1n) is 6.50. The molecule has 0 saturated heterocycles. The summed E-state index contributed by atoms with van der Waals surface area (Å²) in [5.41, 5.74) is 0.640. The SMILES string of the molecule is O=C(Nc1cccc(Cl)c1)c1nn2c(C3CC3)nnc2s1. The zero-order valence-electron chi connectivity index (χ0n) is 10.8. The third kappa shape index (κ3) is 2.38. The number of benzene rings is 1. The Kier molecular flexibility index (Phi) is 2.90. The molecule has 1 saturated carbocycles. The Labute approximate surface area is 128 Å². The van der Waals surface area contributed by atoms with Gasteiger partial charge in [-0.2, -0.15) is 4.52 Å². The maximum atomic E-state index is 12.2. The van der Waals surface area contributed by atoms with Gasteiger partial charge in [-0.1, -0.05) is 29.0 Å². The van der Waals surface area contributed by atoms with Crippen LogP contribution in [0.3, 0.4) is 0 Å². The van der Waals surface area contributed by atoms with Crippen molar-refractivity contribution in [1.29, 1.82) is 0 Å². The molecule has 21 heavy (non-hydrogen) atoms. The smallest absolute Gasteiger partial charge is 0.286 e. The molecule has 0 unspecified atom stereocenters. The van der Waals surface area contributed by atoms with E-state index in [4.69, 9.17) is 11.6 Å². The topological polar surface area (TPSA) is 72.2 Å². The highest BCUT2D eigenvalue weighted by atomic mass is 35.5. The maximum Gasteiger partial charge on any atom is 0.286 e. The standard InChI is InChI=1S/C13H10ClN5OS/c14-8-2-1-3-9(6-8)15-11(20)12-18-19-10(7-4-5-7)16-17-13(19)21-12/h1-3,6-7H,4-5H2,(H,15,20). The van der Waals surface area contributed by atoms with E-state index in [1.165, 1.54) is 11.3 Å². The third-order valence-corrected chi connectivity index (χ3v) is 4.37. The summed E-state index contributed by atoms with van der Waals surface area (Å²) in [7, 11) is 0. The van der Waals surface area contributed by atoms with Gasteiger partial charge < -0.3 is 5.32 Å². The summed E-state index contributed by atoms with van der Waals surface area (Å²) >= 11 is 7.13. The molecular weight excluding hydrogens is 310 g/mol. The first-order chi connectivity index (χ1) is 10.2. The van der Waals surface area contributed by atoms with E-state index in [0.29, 0.717) is 26.6 Å². The Morgan fingerprint density at radius 2 is 2.24 bits per heavy atom. The molecule has 0 aliphatic heterocycles. The number of anilines is 1. The van der Waals surface area contributed by atoms with Crippen molar-refractivity contribution in [1.82, 2.24) is 19.8 Å². The normalized spacial score (nSPS) is 14.5. The summed E-state index contributed by atoms with van der Waals surface area (Å²) in [6.45, 7) is 0. The van der Waals surface area contributed by atoms with Crippen molar-refractivity contribution < 1.29 is 4.79 Å². The van der Waals surface area contributed by atoms with E-state index in [2.05, 4.69) is 20.6 Å². The zero-order chi connectivity index (χ0) is 14.4. The quantitative estimate of drug-likeness (QED) is 0.805. The molecule has 6 nitrogen and oxygen atoms in total. The Hall–Kier alpha value is -1.99. The van der Waals surface area contributed by atoms with Gasteiger partial charge in [0, 0.05) is 16.6 Å². The summed E-state index contributed by atoms with van der Waals surface area (Å²) in [5, 5.41) is 16.2. The molecule has 106 valence electrons. The molecule has 1 amide bonds. The minimum Gasteiger partial charge on any atom is -0.320 e. The van der Waals surface area contributed by atoms with Crippen LogP contribution in [0.5, 0.6) is 0 Å². The van der Waals surface area contributed by atoms with Crippen LogP contribution in [0.4, 0.5) is 5.69 Å². The minimum atomic E-state index is -0.269. The van der Waals surface area contributed by atoms with Crippen LogP contribution in [0, 0.1) is 0 Å². The van der Waals surface area contributed by atoms with Crippen LogP contribution in [0.1, 0.15) is 34.4 Å². The molecule has 1 N–H and O–H groups in total. The van der Waals surface area contributed by atoms with Crippen LogP contribution >= 0.6 is 22.9 Å². The number of nitrogens with zero attached hydrogens (tertiary/aromatic N) is 4. The minimum absolute atomic E-state index is 0.269. The monoisotopic (exact) mass is 319 g/mol. The summed E-state index contributed by atoms with van der Waals surface area (Å²) in [4.78, 5) is 12.9. The lowest BCUT2D eigenvalue weighted by Crippen LogP contribution is -2.12. The summed E-state index contributed by atoms with van der Waals surface area (Å²) in [6, 6.07) is 7.00. The van der Waals surface area contributed by atoms with Gasteiger partial charge >= 0.3 is 0 Å². The highest BCUT2D eigenvalue weighted by molar-refractivity contribution is 7.18. The average Bonchev–Trinajstić information content (AvgIpc) is 3.07. The second kappa shape index (κ2) is 4.78. The fraction of sp³-hybridized carbons (Fsp3) is 0.231. The largest absolute Gasteiger partial charge is 0.320 e. The van der Waals surface area contributed by atoms with Crippen LogP contribution < -0.4 is 5.32 Å². The van der Waals surface area contributed by atoms with E-state index >= 15 is 0 Å². The van der Waals surface area contributed by atoms with Gasteiger partial charge in [0.05, 0.1) is 0 Å². The lowest BCUT2D eigenvalue weighted by Gasteiger charge is -2.02. The molecule has 3 aromatic rings. The van der Waals surface area contributed by atoms with E-state index in [-0.39, 0.29) is 5.91 Å². The van der Waals surface area contributed by atoms with Gasteiger partial charge in [0.1, 0.15) is 0 Å². The lowest BCUT2D eigenvalue weighted by atomic mass is 10.3. The van der Waals surface area contributed by atoms with Crippen molar-refractivity contribution in [3.8, 4) is 0 Å². The van der Waals surface area contributed by atoms with E-state index in [0.717, 1.165) is 18.7 Å². The number of fused-ring (bicyclic) bond motifs is 1. The van der Waals surface area contributed by atoms with Crippen molar-refractivity contribution in [3.63, 3.8) is 0 Å². The number of carbonyl (C=O) groups is 1. The summed E-state index contributed by atoms with van der Waals surface area (Å²) in [5.74, 6) is 1.02. The van der Waals surface area contributed by atoms with Gasteiger partial charge in [-0.15, -0.1) is 15.3 Å². The molecule has 0 bridgehead atoms. The number of aromatic nitrogens is 4. The van der Waals surface area contributed by atoms with Crippen LogP contribution in [-0.4, -0.2) is 25.7 Å². The first kappa shape index (κ1) is 12.7. The average molecular weight is 320 g/mol.